The first kappa shape index (κ1) is 18.0. The number of thioether (sulfide) groups is 1. The minimum atomic E-state index is -3.83. The van der Waals surface area contributed by atoms with Gasteiger partial charge in [0.2, 0.25) is 4.17 Å². The van der Waals surface area contributed by atoms with E-state index in [0.29, 0.717) is 17.8 Å². The summed E-state index contributed by atoms with van der Waals surface area (Å²) >= 11 is 12.9. The molecular formula is C13H18Cl2N2O3S2. The van der Waals surface area contributed by atoms with E-state index in [9.17, 15) is 13.5 Å². The van der Waals surface area contributed by atoms with Crippen molar-refractivity contribution >= 4 is 50.7 Å². The molecule has 0 spiro atoms. The number of alkyl halides is 2. The molecule has 2 rings (SSSR count). The fraction of sp³-hybridized carbons (Fsp3) is 0.538. The largest absolute Gasteiger partial charge is 0.508 e. The van der Waals surface area contributed by atoms with Crippen LogP contribution >= 0.6 is 35.0 Å². The summed E-state index contributed by atoms with van der Waals surface area (Å²) in [7, 11) is -2.44. The van der Waals surface area contributed by atoms with Gasteiger partial charge in [0, 0.05) is 43.8 Å². The third-order valence-electron chi connectivity index (χ3n) is 3.53. The van der Waals surface area contributed by atoms with Crippen molar-refractivity contribution in [3.63, 3.8) is 0 Å². The van der Waals surface area contributed by atoms with Crippen molar-refractivity contribution in [2.24, 2.45) is 0 Å². The van der Waals surface area contributed by atoms with Gasteiger partial charge in [-0.3, -0.25) is 9.21 Å². The molecule has 0 amide bonds. The molecule has 0 aliphatic carbocycles. The lowest BCUT2D eigenvalue weighted by molar-refractivity contribution is 0.289. The molecule has 1 aromatic rings. The molecule has 0 atom stereocenters. The average Bonchev–Trinajstić information content (AvgIpc) is 2.49. The summed E-state index contributed by atoms with van der Waals surface area (Å²) in [6.45, 7) is 2.49. The van der Waals surface area contributed by atoms with Gasteiger partial charge in [0.25, 0.3) is 10.0 Å². The van der Waals surface area contributed by atoms with Crippen molar-refractivity contribution in [1.82, 2.24) is 4.90 Å². The highest BCUT2D eigenvalue weighted by molar-refractivity contribution is 7.99. The number of rotatable bonds is 5. The number of benzene rings is 1. The summed E-state index contributed by atoms with van der Waals surface area (Å²) in [5.41, 5.74) is 1.11. The van der Waals surface area contributed by atoms with Crippen LogP contribution in [0, 0.1) is 0 Å². The van der Waals surface area contributed by atoms with E-state index in [1.807, 2.05) is 11.8 Å². The van der Waals surface area contributed by atoms with Crippen molar-refractivity contribution in [2.45, 2.75) is 10.7 Å². The zero-order valence-electron chi connectivity index (χ0n) is 12.1. The minimum absolute atomic E-state index is 0.154. The van der Waals surface area contributed by atoms with E-state index < -0.39 is 14.2 Å². The van der Waals surface area contributed by atoms with E-state index in [4.69, 9.17) is 23.2 Å². The monoisotopic (exact) mass is 384 g/mol. The number of halogens is 2. The van der Waals surface area contributed by atoms with E-state index in [-0.39, 0.29) is 5.75 Å². The van der Waals surface area contributed by atoms with Crippen molar-refractivity contribution in [3.8, 4) is 5.75 Å². The molecule has 5 nitrogen and oxygen atoms in total. The molecule has 0 radical (unpaired) electrons. The van der Waals surface area contributed by atoms with Gasteiger partial charge in [-0.1, -0.05) is 23.2 Å². The van der Waals surface area contributed by atoms with Crippen LogP contribution in [0.5, 0.6) is 5.75 Å². The van der Waals surface area contributed by atoms with Crippen LogP contribution in [0.15, 0.2) is 18.2 Å². The van der Waals surface area contributed by atoms with Crippen LogP contribution in [0.4, 0.5) is 5.69 Å². The molecule has 9 heteroatoms. The van der Waals surface area contributed by atoms with E-state index in [1.165, 1.54) is 19.2 Å². The number of sulfonamides is 1. The Morgan fingerprint density at radius 3 is 2.59 bits per heavy atom. The van der Waals surface area contributed by atoms with E-state index in [1.54, 1.807) is 6.07 Å². The van der Waals surface area contributed by atoms with Gasteiger partial charge in [-0.05, 0) is 18.2 Å². The van der Waals surface area contributed by atoms with Crippen LogP contribution < -0.4 is 4.31 Å². The van der Waals surface area contributed by atoms with Crippen LogP contribution in [0.2, 0.25) is 0 Å². The second-order valence-corrected chi connectivity index (χ2v) is 9.86. The molecule has 0 saturated carbocycles. The van der Waals surface area contributed by atoms with Gasteiger partial charge >= 0.3 is 0 Å². The molecule has 0 unspecified atom stereocenters. The molecule has 1 heterocycles. The lowest BCUT2D eigenvalue weighted by Crippen LogP contribution is -2.32. The smallest absolute Gasteiger partial charge is 0.266 e. The van der Waals surface area contributed by atoms with Gasteiger partial charge in [-0.25, -0.2) is 8.42 Å². The van der Waals surface area contributed by atoms with Crippen LogP contribution in [0.1, 0.15) is 5.56 Å². The summed E-state index contributed by atoms with van der Waals surface area (Å²) in [6.07, 6.45) is 0. The van der Waals surface area contributed by atoms with Crippen molar-refractivity contribution < 1.29 is 13.5 Å². The lowest BCUT2D eigenvalue weighted by atomic mass is 10.1. The predicted octanol–water partition coefficient (Wildman–Crippen LogP) is 2.47. The Bertz CT molecular complexity index is 620. The summed E-state index contributed by atoms with van der Waals surface area (Å²) < 4.78 is 23.5. The lowest BCUT2D eigenvalue weighted by Gasteiger charge is -2.27. The maximum Gasteiger partial charge on any atom is 0.266 e. The standard InChI is InChI=1S/C13H18Cl2N2O3S2/c1-16(22(19,20)13(14)15)11-2-3-12(18)10(8-11)9-17-4-6-21-7-5-17/h2-3,8,13,18H,4-7,9H2,1H3. The maximum atomic E-state index is 12.0. The van der Waals surface area contributed by atoms with Gasteiger partial charge in [0.15, 0.2) is 0 Å². The normalized spacial score (nSPS) is 16.9. The minimum Gasteiger partial charge on any atom is -0.508 e. The first-order valence-electron chi connectivity index (χ1n) is 6.70. The number of phenols is 1. The summed E-state index contributed by atoms with van der Waals surface area (Å²) in [5.74, 6) is 2.28. The Kier molecular flexibility index (Phi) is 6.13. The Balaban J connectivity index is 2.22. The zero-order valence-corrected chi connectivity index (χ0v) is 15.2. The number of phenolic OH excluding ortho intramolecular Hbond substituents is 1. The fourth-order valence-corrected chi connectivity index (χ4v) is 4.50. The van der Waals surface area contributed by atoms with Gasteiger partial charge in [-0.15, -0.1) is 0 Å². The van der Waals surface area contributed by atoms with Gasteiger partial charge in [0.1, 0.15) is 5.75 Å². The molecule has 1 aromatic carbocycles. The first-order valence-corrected chi connectivity index (χ1v) is 10.2. The number of anilines is 1. The molecule has 1 aliphatic rings. The van der Waals surface area contributed by atoms with Crippen LogP contribution in [0.25, 0.3) is 0 Å². The van der Waals surface area contributed by atoms with Crippen LogP contribution in [0.3, 0.4) is 0 Å². The molecule has 22 heavy (non-hydrogen) atoms. The third kappa shape index (κ3) is 4.14. The van der Waals surface area contributed by atoms with Gasteiger partial charge in [-0.2, -0.15) is 11.8 Å². The van der Waals surface area contributed by atoms with Crippen molar-refractivity contribution in [1.29, 1.82) is 0 Å². The summed E-state index contributed by atoms with van der Waals surface area (Å²) in [6, 6.07) is 4.68. The SMILES string of the molecule is CN(c1ccc(O)c(CN2CCSCC2)c1)S(=O)(=O)C(Cl)Cl. The number of nitrogens with zero attached hydrogens (tertiary/aromatic N) is 2. The molecule has 0 bridgehead atoms. The van der Waals surface area contributed by atoms with Gasteiger partial charge in [0.05, 0.1) is 5.69 Å². The summed E-state index contributed by atoms with van der Waals surface area (Å²) in [5, 5.41) is 10.0. The Morgan fingerprint density at radius 2 is 2.00 bits per heavy atom. The first-order chi connectivity index (χ1) is 10.3. The van der Waals surface area contributed by atoms with Gasteiger partial charge < -0.3 is 5.11 Å². The second-order valence-electron chi connectivity index (χ2n) is 4.97. The second kappa shape index (κ2) is 7.49. The molecule has 1 aliphatic heterocycles. The summed E-state index contributed by atoms with van der Waals surface area (Å²) in [4.78, 5) is 2.23. The fourth-order valence-electron chi connectivity index (χ4n) is 2.16. The maximum absolute atomic E-state index is 12.0. The Hall–Kier alpha value is -0.340. The molecular weight excluding hydrogens is 367 g/mol. The molecule has 1 saturated heterocycles. The number of hydrogen-bond acceptors (Lipinski definition) is 5. The van der Waals surface area contributed by atoms with Crippen molar-refractivity contribution in [3.05, 3.63) is 23.8 Å². The molecule has 0 aromatic heterocycles. The Labute approximate surface area is 145 Å². The molecule has 124 valence electrons. The van der Waals surface area contributed by atoms with Crippen molar-refractivity contribution in [2.75, 3.05) is 35.9 Å². The van der Waals surface area contributed by atoms with Crippen LogP contribution in [-0.2, 0) is 16.6 Å². The molecule has 1 N–H and O–H groups in total. The highest BCUT2D eigenvalue weighted by Gasteiger charge is 2.27. The topological polar surface area (TPSA) is 60.9 Å². The third-order valence-corrected chi connectivity index (χ3v) is 7.25. The predicted molar refractivity (Wildman–Crippen MR) is 93.5 cm³/mol. The number of aromatic hydroxyl groups is 1. The van der Waals surface area contributed by atoms with E-state index in [2.05, 4.69) is 4.90 Å². The highest BCUT2D eigenvalue weighted by Crippen LogP contribution is 2.29. The molecule has 1 fully saturated rings. The zero-order chi connectivity index (χ0) is 16.3. The average molecular weight is 385 g/mol. The number of hydrogen-bond donors (Lipinski definition) is 1. The van der Waals surface area contributed by atoms with Crippen LogP contribution in [-0.4, -0.2) is 54.2 Å². The highest BCUT2D eigenvalue weighted by atomic mass is 35.5. The Morgan fingerprint density at radius 1 is 1.36 bits per heavy atom. The van der Waals surface area contributed by atoms with E-state index >= 15 is 0 Å². The van der Waals surface area contributed by atoms with E-state index in [0.717, 1.165) is 28.9 Å². The quantitative estimate of drug-likeness (QED) is 0.790.